The molecule has 0 aliphatic carbocycles. The van der Waals surface area contributed by atoms with Crippen LogP contribution in [0.2, 0.25) is 0 Å². The quantitative estimate of drug-likeness (QED) is 0.743. The van der Waals surface area contributed by atoms with Gasteiger partial charge in [-0.3, -0.25) is 4.79 Å². The molecule has 2 fully saturated rings. The molecule has 0 bridgehead atoms. The van der Waals surface area contributed by atoms with Crippen LogP contribution in [0, 0.1) is 6.92 Å². The van der Waals surface area contributed by atoms with Gasteiger partial charge in [0.1, 0.15) is 5.75 Å². The van der Waals surface area contributed by atoms with Crippen LogP contribution in [-0.4, -0.2) is 49.4 Å². The predicted octanol–water partition coefficient (Wildman–Crippen LogP) is 2.85. The molecular formula is C21H22N2O4S2. The molecule has 2 aromatic carbocycles. The van der Waals surface area contributed by atoms with Crippen molar-refractivity contribution in [1.29, 1.82) is 0 Å². The minimum absolute atomic E-state index is 0.0713. The molecular weight excluding hydrogens is 408 g/mol. The van der Waals surface area contributed by atoms with E-state index in [2.05, 4.69) is 4.99 Å². The normalized spacial score (nSPS) is 23.9. The number of thioether (sulfide) groups is 1. The smallest absolute Gasteiger partial charge is 0.252 e. The maximum absolute atomic E-state index is 12.6. The van der Waals surface area contributed by atoms with Crippen molar-refractivity contribution in [2.45, 2.75) is 24.6 Å². The molecule has 0 radical (unpaired) electrons. The minimum atomic E-state index is -3.09. The van der Waals surface area contributed by atoms with Gasteiger partial charge >= 0.3 is 0 Å². The first-order chi connectivity index (χ1) is 13.8. The van der Waals surface area contributed by atoms with Crippen molar-refractivity contribution in [3.63, 3.8) is 0 Å². The Bertz CT molecular complexity index is 1050. The third kappa shape index (κ3) is 4.33. The third-order valence-electron chi connectivity index (χ3n) is 5.11. The number of nitrogens with zero attached hydrogens (tertiary/aromatic N) is 2. The Labute approximate surface area is 174 Å². The molecule has 0 N–H and O–H groups in total. The van der Waals surface area contributed by atoms with Crippen molar-refractivity contribution >= 4 is 38.4 Å². The number of carbonyl (C=O) groups is 1. The summed E-state index contributed by atoms with van der Waals surface area (Å²) < 4.78 is 29.5. The van der Waals surface area contributed by atoms with Crippen LogP contribution in [0.25, 0.3) is 0 Å². The van der Waals surface area contributed by atoms with E-state index in [0.717, 1.165) is 16.8 Å². The Morgan fingerprint density at radius 1 is 1.14 bits per heavy atom. The highest BCUT2D eigenvalue weighted by Crippen LogP contribution is 2.41. The highest BCUT2D eigenvalue weighted by molar-refractivity contribution is 8.16. The summed E-state index contributed by atoms with van der Waals surface area (Å²) in [5.74, 6) is 0.657. The number of anilines is 1. The molecule has 2 heterocycles. The minimum Gasteiger partial charge on any atom is -0.497 e. The van der Waals surface area contributed by atoms with E-state index in [0.29, 0.717) is 10.9 Å². The molecule has 2 aliphatic rings. The zero-order valence-electron chi connectivity index (χ0n) is 16.2. The molecule has 2 unspecified atom stereocenters. The number of methoxy groups -OCH3 is 1. The van der Waals surface area contributed by atoms with Crippen LogP contribution in [0.4, 0.5) is 5.69 Å². The summed E-state index contributed by atoms with van der Waals surface area (Å²) >= 11 is 1.38. The molecule has 29 heavy (non-hydrogen) atoms. The van der Waals surface area contributed by atoms with E-state index < -0.39 is 9.84 Å². The topological polar surface area (TPSA) is 76.0 Å². The number of amidine groups is 1. The maximum Gasteiger partial charge on any atom is 0.252 e. The summed E-state index contributed by atoms with van der Waals surface area (Å²) in [6.45, 7) is 2.00. The first-order valence-corrected chi connectivity index (χ1v) is 12.0. The Balaban J connectivity index is 1.62. The first kappa shape index (κ1) is 20.0. The zero-order valence-corrected chi connectivity index (χ0v) is 17.9. The summed E-state index contributed by atoms with van der Waals surface area (Å²) in [7, 11) is -1.50. The third-order valence-corrected chi connectivity index (χ3v) is 8.32. The molecule has 1 amide bonds. The number of hydrogen-bond acceptors (Lipinski definition) is 5. The van der Waals surface area contributed by atoms with Gasteiger partial charge in [0.05, 0.1) is 31.1 Å². The van der Waals surface area contributed by atoms with Gasteiger partial charge in [-0.2, -0.15) is 4.99 Å². The van der Waals surface area contributed by atoms with Gasteiger partial charge in [0.25, 0.3) is 5.91 Å². The van der Waals surface area contributed by atoms with Gasteiger partial charge < -0.3 is 9.64 Å². The Morgan fingerprint density at radius 2 is 1.83 bits per heavy atom. The molecule has 0 spiro atoms. The van der Waals surface area contributed by atoms with Crippen molar-refractivity contribution in [1.82, 2.24) is 0 Å². The molecule has 2 atom stereocenters. The van der Waals surface area contributed by atoms with Crippen LogP contribution in [-0.2, 0) is 21.1 Å². The van der Waals surface area contributed by atoms with Gasteiger partial charge in [0.15, 0.2) is 15.0 Å². The largest absolute Gasteiger partial charge is 0.497 e. The summed E-state index contributed by atoms with van der Waals surface area (Å²) in [4.78, 5) is 18.9. The van der Waals surface area contributed by atoms with E-state index in [9.17, 15) is 13.2 Å². The molecule has 2 aliphatic heterocycles. The van der Waals surface area contributed by atoms with Gasteiger partial charge in [0, 0.05) is 10.9 Å². The maximum atomic E-state index is 12.6. The number of rotatable bonds is 4. The van der Waals surface area contributed by atoms with E-state index >= 15 is 0 Å². The van der Waals surface area contributed by atoms with E-state index in [1.165, 1.54) is 11.8 Å². The van der Waals surface area contributed by atoms with Crippen molar-refractivity contribution < 1.29 is 17.9 Å². The van der Waals surface area contributed by atoms with E-state index in [4.69, 9.17) is 4.74 Å². The Hall–Kier alpha value is -2.32. The highest BCUT2D eigenvalue weighted by atomic mass is 32.2. The second-order valence-corrected chi connectivity index (χ2v) is 10.7. The molecule has 2 saturated heterocycles. The number of hydrogen-bond donors (Lipinski definition) is 0. The molecule has 8 heteroatoms. The average molecular weight is 431 g/mol. The lowest BCUT2D eigenvalue weighted by Gasteiger charge is -2.24. The van der Waals surface area contributed by atoms with Crippen LogP contribution in [0.5, 0.6) is 5.75 Å². The number of sulfone groups is 1. The zero-order chi connectivity index (χ0) is 20.6. The fourth-order valence-corrected chi connectivity index (χ4v) is 7.57. The standard InChI is InChI=1S/C21H22N2O4S2/c1-14-3-5-15(6-4-14)11-20(24)22-21-23(16-7-9-17(27-2)10-8-16)18-12-29(25,26)13-19(18)28-21/h3-10,18-19H,11-13H2,1-2H3. The number of fused-ring (bicyclic) bond motifs is 1. The number of amides is 1. The van der Waals surface area contributed by atoms with Crippen LogP contribution in [0.1, 0.15) is 11.1 Å². The van der Waals surface area contributed by atoms with Gasteiger partial charge in [-0.25, -0.2) is 8.42 Å². The number of aliphatic imine (C=N–C) groups is 1. The Morgan fingerprint density at radius 3 is 2.48 bits per heavy atom. The Kier molecular flexibility index (Phi) is 5.40. The average Bonchev–Trinajstić information content (AvgIpc) is 3.14. The van der Waals surface area contributed by atoms with E-state index in [1.807, 2.05) is 60.4 Å². The van der Waals surface area contributed by atoms with Crippen molar-refractivity contribution in [3.8, 4) is 5.75 Å². The molecule has 0 saturated carbocycles. The van der Waals surface area contributed by atoms with Crippen molar-refractivity contribution in [2.75, 3.05) is 23.5 Å². The first-order valence-electron chi connectivity index (χ1n) is 9.32. The number of carbonyl (C=O) groups excluding carboxylic acids is 1. The van der Waals surface area contributed by atoms with E-state index in [-0.39, 0.29) is 35.1 Å². The van der Waals surface area contributed by atoms with Gasteiger partial charge in [-0.1, -0.05) is 41.6 Å². The number of benzene rings is 2. The highest BCUT2D eigenvalue weighted by Gasteiger charge is 2.49. The van der Waals surface area contributed by atoms with Crippen LogP contribution in [0.15, 0.2) is 53.5 Å². The predicted molar refractivity (Wildman–Crippen MR) is 117 cm³/mol. The van der Waals surface area contributed by atoms with Crippen LogP contribution >= 0.6 is 11.8 Å². The summed E-state index contributed by atoms with van der Waals surface area (Å²) in [5, 5.41) is 0.449. The lowest BCUT2D eigenvalue weighted by atomic mass is 10.1. The lowest BCUT2D eigenvalue weighted by Crippen LogP contribution is -2.37. The number of aryl methyl sites for hydroxylation is 1. The van der Waals surface area contributed by atoms with Crippen molar-refractivity contribution in [2.24, 2.45) is 4.99 Å². The molecule has 0 aromatic heterocycles. The second kappa shape index (κ2) is 7.84. The fraction of sp³-hybridized carbons (Fsp3) is 0.333. The lowest BCUT2D eigenvalue weighted by molar-refractivity contribution is -0.117. The van der Waals surface area contributed by atoms with Crippen LogP contribution in [0.3, 0.4) is 0 Å². The fourth-order valence-electron chi connectivity index (χ4n) is 3.64. The number of ether oxygens (including phenoxy) is 1. The summed E-state index contributed by atoms with van der Waals surface area (Å²) in [5.41, 5.74) is 2.86. The molecule has 152 valence electrons. The molecule has 2 aromatic rings. The van der Waals surface area contributed by atoms with Gasteiger partial charge in [-0.15, -0.1) is 0 Å². The summed E-state index contributed by atoms with van der Waals surface area (Å²) in [6.07, 6.45) is 0.217. The summed E-state index contributed by atoms with van der Waals surface area (Å²) in [6, 6.07) is 15.0. The molecule has 4 rings (SSSR count). The SMILES string of the molecule is COc1ccc(N2C(=NC(=O)Cc3ccc(C)cc3)SC3CS(=O)(=O)CC32)cc1. The second-order valence-electron chi connectivity index (χ2n) is 7.32. The van der Waals surface area contributed by atoms with Crippen molar-refractivity contribution in [3.05, 3.63) is 59.7 Å². The van der Waals surface area contributed by atoms with E-state index in [1.54, 1.807) is 7.11 Å². The van der Waals surface area contributed by atoms with Gasteiger partial charge in [-0.05, 0) is 36.8 Å². The monoisotopic (exact) mass is 430 g/mol. The van der Waals surface area contributed by atoms with Gasteiger partial charge in [0.2, 0.25) is 0 Å². The molecule has 6 nitrogen and oxygen atoms in total. The van der Waals surface area contributed by atoms with Crippen LogP contribution < -0.4 is 9.64 Å².